The highest BCUT2D eigenvalue weighted by molar-refractivity contribution is 7.99. The minimum absolute atomic E-state index is 0.0859. The van der Waals surface area contributed by atoms with E-state index in [-0.39, 0.29) is 5.91 Å². The molecule has 1 amide bonds. The molecule has 1 aromatic carbocycles. The van der Waals surface area contributed by atoms with Crippen LogP contribution in [-0.2, 0) is 11.2 Å². The topological polar surface area (TPSA) is 55.1 Å². The quantitative estimate of drug-likeness (QED) is 0.558. The van der Waals surface area contributed by atoms with Crippen molar-refractivity contribution in [1.29, 1.82) is 0 Å². The van der Waals surface area contributed by atoms with Gasteiger partial charge in [0.25, 0.3) is 0 Å². The molecule has 0 saturated carbocycles. The van der Waals surface area contributed by atoms with Gasteiger partial charge in [-0.25, -0.2) is 0 Å². The molecule has 0 saturated heterocycles. The molecule has 1 atom stereocenters. The van der Waals surface area contributed by atoms with Crippen LogP contribution in [-0.4, -0.2) is 30.0 Å². The van der Waals surface area contributed by atoms with Gasteiger partial charge in [-0.2, -0.15) is 0 Å². The van der Waals surface area contributed by atoms with Crippen molar-refractivity contribution in [3.05, 3.63) is 35.9 Å². The number of nitrogens with two attached hydrogens (primary N) is 1. The normalized spacial score (nSPS) is 11.6. The fourth-order valence-corrected chi connectivity index (χ4v) is 2.12. The van der Waals surface area contributed by atoms with Crippen LogP contribution in [0.15, 0.2) is 30.3 Å². The summed E-state index contributed by atoms with van der Waals surface area (Å²) >= 11 is 1.63. The fraction of sp³-hybridized carbons (Fsp3) is 0.400. The first-order valence-corrected chi connectivity index (χ1v) is 7.48. The van der Waals surface area contributed by atoms with Crippen LogP contribution in [0.2, 0.25) is 0 Å². The molecular formula is C15H20N2OS. The maximum absolute atomic E-state index is 11.7. The third-order valence-corrected chi connectivity index (χ3v) is 3.52. The number of rotatable bonds is 8. The number of benzene rings is 1. The van der Waals surface area contributed by atoms with Gasteiger partial charge in [0.2, 0.25) is 5.91 Å². The van der Waals surface area contributed by atoms with Gasteiger partial charge in [0.1, 0.15) is 0 Å². The Hall–Kier alpha value is -1.44. The Balaban J connectivity index is 2.16. The Bertz CT molecular complexity index is 414. The van der Waals surface area contributed by atoms with Crippen molar-refractivity contribution in [2.24, 2.45) is 5.73 Å². The third-order valence-electron chi connectivity index (χ3n) is 2.65. The van der Waals surface area contributed by atoms with Gasteiger partial charge in [-0.05, 0) is 18.4 Å². The molecule has 19 heavy (non-hydrogen) atoms. The lowest BCUT2D eigenvalue weighted by Gasteiger charge is -2.12. The first kappa shape index (κ1) is 15.6. The van der Waals surface area contributed by atoms with E-state index in [0.29, 0.717) is 18.7 Å². The summed E-state index contributed by atoms with van der Waals surface area (Å²) in [7, 11) is 0. The van der Waals surface area contributed by atoms with Gasteiger partial charge < -0.3 is 11.1 Å². The summed E-state index contributed by atoms with van der Waals surface area (Å²) in [6, 6.07) is 9.59. The van der Waals surface area contributed by atoms with Gasteiger partial charge in [0, 0.05) is 12.3 Å². The summed E-state index contributed by atoms with van der Waals surface area (Å²) in [4.78, 5) is 11.7. The van der Waals surface area contributed by atoms with Crippen molar-refractivity contribution in [2.75, 3.05) is 18.1 Å². The number of thioether (sulfide) groups is 1. The van der Waals surface area contributed by atoms with E-state index < -0.39 is 6.04 Å². The number of carbonyl (C=O) groups is 1. The first-order valence-electron chi connectivity index (χ1n) is 6.32. The Labute approximate surface area is 119 Å². The van der Waals surface area contributed by atoms with Crippen molar-refractivity contribution in [2.45, 2.75) is 18.9 Å². The minimum atomic E-state index is -0.446. The van der Waals surface area contributed by atoms with Crippen LogP contribution in [0.3, 0.4) is 0 Å². The van der Waals surface area contributed by atoms with Crippen LogP contribution in [0.25, 0.3) is 0 Å². The molecule has 0 aliphatic heterocycles. The molecule has 4 heteroatoms. The van der Waals surface area contributed by atoms with Gasteiger partial charge in [-0.3, -0.25) is 4.79 Å². The predicted molar refractivity (Wildman–Crippen MR) is 81.9 cm³/mol. The standard InChI is InChI=1S/C15H20N2OS/c1-2-11-19-12-10-17-15(18)14(16)9-8-13-6-4-3-5-7-13/h1,3-7,14H,8-12,16H2,(H,17,18)/t14-/m0/s1. The Morgan fingerprint density at radius 3 is 2.84 bits per heavy atom. The molecule has 0 aromatic heterocycles. The summed E-state index contributed by atoms with van der Waals surface area (Å²) in [5, 5.41) is 2.82. The first-order chi connectivity index (χ1) is 9.24. The van der Waals surface area contributed by atoms with Gasteiger partial charge in [0.15, 0.2) is 0 Å². The number of carbonyl (C=O) groups excluding carboxylic acids is 1. The Morgan fingerprint density at radius 1 is 1.42 bits per heavy atom. The van der Waals surface area contributed by atoms with Crippen LogP contribution >= 0.6 is 11.8 Å². The summed E-state index contributed by atoms with van der Waals surface area (Å²) < 4.78 is 0. The average molecular weight is 276 g/mol. The molecular weight excluding hydrogens is 256 g/mol. The number of terminal acetylenes is 1. The van der Waals surface area contributed by atoms with E-state index in [1.807, 2.05) is 30.3 Å². The van der Waals surface area contributed by atoms with Crippen LogP contribution < -0.4 is 11.1 Å². The largest absolute Gasteiger partial charge is 0.354 e. The predicted octanol–water partition coefficient (Wildman–Crippen LogP) is 1.43. The van der Waals surface area contributed by atoms with E-state index in [1.54, 1.807) is 11.8 Å². The lowest BCUT2D eigenvalue weighted by Crippen LogP contribution is -2.41. The lowest BCUT2D eigenvalue weighted by molar-refractivity contribution is -0.122. The van der Waals surface area contributed by atoms with E-state index in [2.05, 4.69) is 11.2 Å². The molecule has 0 unspecified atom stereocenters. The molecule has 0 heterocycles. The van der Waals surface area contributed by atoms with Crippen molar-refractivity contribution >= 4 is 17.7 Å². The van der Waals surface area contributed by atoms with Gasteiger partial charge in [-0.1, -0.05) is 36.3 Å². The summed E-state index contributed by atoms with van der Waals surface area (Å²) in [5.74, 6) is 3.95. The number of nitrogens with one attached hydrogen (secondary N) is 1. The molecule has 1 aromatic rings. The second-order valence-electron chi connectivity index (χ2n) is 4.18. The van der Waals surface area contributed by atoms with Gasteiger partial charge >= 0.3 is 0 Å². The molecule has 3 N–H and O–H groups in total. The maximum Gasteiger partial charge on any atom is 0.236 e. The zero-order chi connectivity index (χ0) is 13.9. The molecule has 1 rings (SSSR count). The van der Waals surface area contributed by atoms with Crippen LogP contribution in [0.5, 0.6) is 0 Å². The van der Waals surface area contributed by atoms with E-state index >= 15 is 0 Å². The Morgan fingerprint density at radius 2 is 2.16 bits per heavy atom. The van der Waals surface area contributed by atoms with E-state index in [0.717, 1.165) is 12.2 Å². The van der Waals surface area contributed by atoms with Crippen LogP contribution in [0.4, 0.5) is 0 Å². The monoisotopic (exact) mass is 276 g/mol. The summed E-state index contributed by atoms with van der Waals surface area (Å²) in [6.07, 6.45) is 6.62. The van der Waals surface area contributed by atoms with E-state index in [1.165, 1.54) is 5.56 Å². The number of amides is 1. The zero-order valence-electron chi connectivity index (χ0n) is 11.0. The van der Waals surface area contributed by atoms with E-state index in [9.17, 15) is 4.79 Å². The lowest BCUT2D eigenvalue weighted by atomic mass is 10.1. The number of hydrogen-bond donors (Lipinski definition) is 2. The minimum Gasteiger partial charge on any atom is -0.354 e. The second kappa shape index (κ2) is 9.48. The maximum atomic E-state index is 11.7. The van der Waals surface area contributed by atoms with Crippen molar-refractivity contribution in [1.82, 2.24) is 5.32 Å². The van der Waals surface area contributed by atoms with Crippen LogP contribution in [0, 0.1) is 12.3 Å². The third kappa shape index (κ3) is 6.90. The van der Waals surface area contributed by atoms with Gasteiger partial charge in [0.05, 0.1) is 11.8 Å². The molecule has 0 bridgehead atoms. The van der Waals surface area contributed by atoms with Crippen LogP contribution in [0.1, 0.15) is 12.0 Å². The second-order valence-corrected chi connectivity index (χ2v) is 5.28. The molecule has 0 spiro atoms. The zero-order valence-corrected chi connectivity index (χ0v) is 11.8. The fourth-order valence-electron chi connectivity index (χ4n) is 1.61. The number of aryl methyl sites for hydroxylation is 1. The molecule has 0 fully saturated rings. The average Bonchev–Trinajstić information content (AvgIpc) is 2.45. The van der Waals surface area contributed by atoms with E-state index in [4.69, 9.17) is 12.2 Å². The smallest absolute Gasteiger partial charge is 0.236 e. The molecule has 0 radical (unpaired) electrons. The molecule has 0 aliphatic carbocycles. The van der Waals surface area contributed by atoms with Crippen molar-refractivity contribution < 1.29 is 4.79 Å². The molecule has 3 nitrogen and oxygen atoms in total. The SMILES string of the molecule is C#CCSCCNC(=O)[C@@H](N)CCc1ccccc1. The van der Waals surface area contributed by atoms with Crippen molar-refractivity contribution in [3.8, 4) is 12.3 Å². The number of hydrogen-bond acceptors (Lipinski definition) is 3. The summed E-state index contributed by atoms with van der Waals surface area (Å²) in [5.41, 5.74) is 7.06. The molecule has 102 valence electrons. The molecule has 0 aliphatic rings. The highest BCUT2D eigenvalue weighted by Crippen LogP contribution is 2.04. The Kier molecular flexibility index (Phi) is 7.80. The highest BCUT2D eigenvalue weighted by atomic mass is 32.2. The highest BCUT2D eigenvalue weighted by Gasteiger charge is 2.12. The summed E-state index contributed by atoms with van der Waals surface area (Å²) in [6.45, 7) is 0.615. The van der Waals surface area contributed by atoms with Gasteiger partial charge in [-0.15, -0.1) is 18.2 Å². The van der Waals surface area contributed by atoms with Crippen molar-refractivity contribution in [3.63, 3.8) is 0 Å².